The van der Waals surface area contributed by atoms with Crippen LogP contribution in [0.25, 0.3) is 5.69 Å². The first kappa shape index (κ1) is 12.2. The fourth-order valence-electron chi connectivity index (χ4n) is 3.64. The van der Waals surface area contributed by atoms with Crippen molar-refractivity contribution in [3.8, 4) is 5.69 Å². The second-order valence-corrected chi connectivity index (χ2v) is 6.04. The van der Waals surface area contributed by atoms with E-state index in [1.807, 2.05) is 12.5 Å². The molecule has 1 fully saturated rings. The average Bonchev–Trinajstić information content (AvgIpc) is 3.16. The van der Waals surface area contributed by atoms with E-state index in [4.69, 9.17) is 0 Å². The van der Waals surface area contributed by atoms with Gasteiger partial charge in [-0.2, -0.15) is 0 Å². The molecule has 2 aliphatic rings. The van der Waals surface area contributed by atoms with Gasteiger partial charge in [-0.05, 0) is 61.9 Å². The summed E-state index contributed by atoms with van der Waals surface area (Å²) in [6, 6.07) is 6.93. The van der Waals surface area contributed by atoms with Gasteiger partial charge in [0.2, 0.25) is 0 Å². The number of hydrogen-bond donors (Lipinski definition) is 1. The summed E-state index contributed by atoms with van der Waals surface area (Å²) in [5.74, 6) is 0.597. The van der Waals surface area contributed by atoms with Crippen LogP contribution < -0.4 is 5.32 Å². The van der Waals surface area contributed by atoms with Gasteiger partial charge in [0.15, 0.2) is 0 Å². The molecule has 1 N–H and O–H groups in total. The van der Waals surface area contributed by atoms with Crippen LogP contribution in [0.2, 0.25) is 0 Å². The van der Waals surface area contributed by atoms with Crippen molar-refractivity contribution < 1.29 is 0 Å². The zero-order valence-corrected chi connectivity index (χ0v) is 11.8. The lowest BCUT2D eigenvalue weighted by Crippen LogP contribution is -2.29. The van der Waals surface area contributed by atoms with E-state index in [0.29, 0.717) is 5.92 Å². The average molecular weight is 267 g/mol. The smallest absolute Gasteiger partial charge is 0.0994 e. The van der Waals surface area contributed by atoms with Gasteiger partial charge in [-0.15, -0.1) is 0 Å². The maximum Gasteiger partial charge on any atom is 0.0994 e. The zero-order valence-electron chi connectivity index (χ0n) is 11.8. The summed E-state index contributed by atoms with van der Waals surface area (Å²) < 4.78 is 2.29. The molecule has 1 unspecified atom stereocenters. The van der Waals surface area contributed by atoms with Crippen molar-refractivity contribution >= 4 is 0 Å². The van der Waals surface area contributed by atoms with Crippen LogP contribution in [0, 0.1) is 0 Å². The zero-order chi connectivity index (χ0) is 13.4. The van der Waals surface area contributed by atoms with Crippen molar-refractivity contribution in [2.24, 2.45) is 0 Å². The summed E-state index contributed by atoms with van der Waals surface area (Å²) in [5, 5.41) is 3.50. The molecule has 4 rings (SSSR count). The molecule has 20 heavy (non-hydrogen) atoms. The molecule has 0 spiro atoms. The Labute approximate surface area is 120 Å². The Bertz CT molecular complexity index is 608. The first-order valence-corrected chi connectivity index (χ1v) is 7.77. The molecule has 1 saturated heterocycles. The number of rotatable bonds is 2. The highest BCUT2D eigenvalue weighted by atomic mass is 15.1. The van der Waals surface area contributed by atoms with E-state index in [-0.39, 0.29) is 0 Å². The highest BCUT2D eigenvalue weighted by molar-refractivity contribution is 5.44. The van der Waals surface area contributed by atoms with E-state index in [0.717, 1.165) is 13.1 Å². The Balaban J connectivity index is 1.70. The minimum Gasteiger partial charge on any atom is -0.316 e. The number of benzene rings is 1. The molecule has 0 amide bonds. The lowest BCUT2D eigenvalue weighted by atomic mass is 9.96. The highest BCUT2D eigenvalue weighted by Gasteiger charge is 2.20. The molecular formula is C17H21N3. The van der Waals surface area contributed by atoms with Gasteiger partial charge >= 0.3 is 0 Å². The van der Waals surface area contributed by atoms with Crippen molar-refractivity contribution in [3.05, 3.63) is 47.5 Å². The van der Waals surface area contributed by atoms with Crippen LogP contribution in [0.5, 0.6) is 0 Å². The first-order chi connectivity index (χ1) is 9.92. The standard InChI is InChI=1S/C17H21N3/c1-3-13-6-7-16(9-14(13)4-1)20-12-19-11-17(20)15-5-2-8-18-10-15/h6-7,9,11-12,15,18H,1-5,8,10H2. The van der Waals surface area contributed by atoms with Crippen molar-refractivity contribution in [1.29, 1.82) is 0 Å². The topological polar surface area (TPSA) is 29.9 Å². The Morgan fingerprint density at radius 1 is 1.15 bits per heavy atom. The van der Waals surface area contributed by atoms with E-state index in [1.165, 1.54) is 54.6 Å². The Morgan fingerprint density at radius 2 is 2.10 bits per heavy atom. The molecule has 0 bridgehead atoms. The van der Waals surface area contributed by atoms with Gasteiger partial charge in [-0.25, -0.2) is 4.98 Å². The number of nitrogens with one attached hydrogen (secondary N) is 1. The Morgan fingerprint density at radius 3 is 3.00 bits per heavy atom. The van der Waals surface area contributed by atoms with Gasteiger partial charge in [-0.1, -0.05) is 6.07 Å². The second kappa shape index (κ2) is 5.06. The van der Waals surface area contributed by atoms with Crippen LogP contribution in [0.3, 0.4) is 0 Å². The van der Waals surface area contributed by atoms with E-state index < -0.39 is 0 Å². The number of imidazole rings is 1. The lowest BCUT2D eigenvalue weighted by Gasteiger charge is -2.24. The minimum atomic E-state index is 0.597. The summed E-state index contributed by atoms with van der Waals surface area (Å²) in [4.78, 5) is 4.40. The Hall–Kier alpha value is -1.61. The minimum absolute atomic E-state index is 0.597. The van der Waals surface area contributed by atoms with E-state index in [1.54, 1.807) is 0 Å². The van der Waals surface area contributed by atoms with Crippen molar-refractivity contribution in [2.75, 3.05) is 13.1 Å². The van der Waals surface area contributed by atoms with Gasteiger partial charge in [0.25, 0.3) is 0 Å². The summed E-state index contributed by atoms with van der Waals surface area (Å²) >= 11 is 0. The predicted octanol–water partition coefficient (Wildman–Crippen LogP) is 2.83. The van der Waals surface area contributed by atoms with E-state index in [9.17, 15) is 0 Å². The molecule has 1 aliphatic heterocycles. The van der Waals surface area contributed by atoms with Gasteiger partial charge in [0.05, 0.1) is 6.33 Å². The van der Waals surface area contributed by atoms with Crippen LogP contribution >= 0.6 is 0 Å². The van der Waals surface area contributed by atoms with E-state index in [2.05, 4.69) is 33.1 Å². The molecule has 3 heteroatoms. The van der Waals surface area contributed by atoms with E-state index >= 15 is 0 Å². The molecule has 3 nitrogen and oxygen atoms in total. The molecule has 1 atom stereocenters. The molecular weight excluding hydrogens is 246 g/mol. The lowest BCUT2D eigenvalue weighted by molar-refractivity contribution is 0.451. The second-order valence-electron chi connectivity index (χ2n) is 6.04. The first-order valence-electron chi connectivity index (χ1n) is 7.77. The van der Waals surface area contributed by atoms with Crippen LogP contribution in [0.4, 0.5) is 0 Å². The predicted molar refractivity (Wildman–Crippen MR) is 80.4 cm³/mol. The third-order valence-corrected chi connectivity index (χ3v) is 4.74. The maximum atomic E-state index is 4.40. The number of aromatic nitrogens is 2. The fourth-order valence-corrected chi connectivity index (χ4v) is 3.64. The monoisotopic (exact) mass is 267 g/mol. The third-order valence-electron chi connectivity index (χ3n) is 4.74. The molecule has 2 aromatic rings. The number of hydrogen-bond acceptors (Lipinski definition) is 2. The molecule has 1 aliphatic carbocycles. The van der Waals surface area contributed by atoms with Gasteiger partial charge < -0.3 is 9.88 Å². The molecule has 0 saturated carbocycles. The summed E-state index contributed by atoms with van der Waals surface area (Å²) in [5.41, 5.74) is 5.71. The molecule has 104 valence electrons. The molecule has 2 heterocycles. The van der Waals surface area contributed by atoms with Gasteiger partial charge in [-0.3, -0.25) is 0 Å². The van der Waals surface area contributed by atoms with Crippen LogP contribution in [-0.2, 0) is 12.8 Å². The number of nitrogens with zero attached hydrogens (tertiary/aromatic N) is 2. The summed E-state index contributed by atoms with van der Waals surface area (Å²) in [6.45, 7) is 2.24. The quantitative estimate of drug-likeness (QED) is 0.906. The van der Waals surface area contributed by atoms with Gasteiger partial charge in [0.1, 0.15) is 0 Å². The van der Waals surface area contributed by atoms with Crippen molar-refractivity contribution in [3.63, 3.8) is 0 Å². The van der Waals surface area contributed by atoms with Crippen LogP contribution in [0.15, 0.2) is 30.7 Å². The number of fused-ring (bicyclic) bond motifs is 1. The van der Waals surface area contributed by atoms with Crippen LogP contribution in [-0.4, -0.2) is 22.6 Å². The maximum absolute atomic E-state index is 4.40. The SMILES string of the molecule is c1cc2c(cc1-n1cncc1C1CCCNC1)CCC2. The normalized spacial score (nSPS) is 21.9. The third kappa shape index (κ3) is 2.06. The molecule has 0 radical (unpaired) electrons. The van der Waals surface area contributed by atoms with Crippen LogP contribution in [0.1, 0.15) is 42.0 Å². The highest BCUT2D eigenvalue weighted by Crippen LogP contribution is 2.28. The summed E-state index contributed by atoms with van der Waals surface area (Å²) in [6.07, 6.45) is 10.3. The fraction of sp³-hybridized carbons (Fsp3) is 0.471. The largest absolute Gasteiger partial charge is 0.316 e. The van der Waals surface area contributed by atoms with Crippen molar-refractivity contribution in [2.45, 2.75) is 38.0 Å². The van der Waals surface area contributed by atoms with Crippen molar-refractivity contribution in [1.82, 2.24) is 14.9 Å². The van der Waals surface area contributed by atoms with Gasteiger partial charge in [0, 0.05) is 30.0 Å². The molecule has 1 aromatic carbocycles. The molecule has 1 aromatic heterocycles. The Kier molecular flexibility index (Phi) is 3.07. The number of piperidine rings is 1. The summed E-state index contributed by atoms with van der Waals surface area (Å²) in [7, 11) is 0. The number of aryl methyl sites for hydroxylation is 2.